The fraction of sp³-hybridized carbons (Fsp3) is 0.500. The third kappa shape index (κ3) is 5.92. The number of hydrogen-bond acceptors (Lipinski definition) is 5. The van der Waals surface area contributed by atoms with Crippen LogP contribution in [0.25, 0.3) is 0 Å². The Bertz CT molecular complexity index is 962. The zero-order chi connectivity index (χ0) is 25.6. The molecule has 1 saturated heterocycles. The second-order valence-corrected chi connectivity index (χ2v) is 8.32. The number of nitrogens with two attached hydrogens (primary N) is 1. The number of benzene rings is 1. The molecule has 10 heteroatoms. The molecule has 2 aliphatic rings. The molecule has 1 aromatic rings. The number of primary amides is 1. The van der Waals surface area contributed by atoms with Crippen LogP contribution in [0, 0.1) is 11.7 Å². The minimum absolute atomic E-state index is 0. The van der Waals surface area contributed by atoms with E-state index in [1.165, 1.54) is 15.9 Å². The van der Waals surface area contributed by atoms with Gasteiger partial charge in [0.1, 0.15) is 24.0 Å². The van der Waals surface area contributed by atoms with E-state index < -0.39 is 42.0 Å². The molecule has 34 heavy (non-hydrogen) atoms. The number of likely N-dealkylation sites (tertiary alicyclic amines) is 1. The number of hydrogen-bond donors (Lipinski definition) is 2. The van der Waals surface area contributed by atoms with E-state index in [1.54, 1.807) is 26.0 Å². The van der Waals surface area contributed by atoms with Gasteiger partial charge in [-0.25, -0.2) is 9.18 Å². The molecule has 0 bridgehead atoms. The van der Waals surface area contributed by atoms with Gasteiger partial charge < -0.3 is 20.7 Å². The summed E-state index contributed by atoms with van der Waals surface area (Å²) in [5.41, 5.74) is 6.64. The zero-order valence-corrected chi connectivity index (χ0v) is 20.0. The summed E-state index contributed by atoms with van der Waals surface area (Å²) in [6.45, 7) is 11.1. The maximum Gasteiger partial charge on any atom is 0.410 e. The first-order valence-corrected chi connectivity index (χ1v) is 11.4. The second-order valence-electron chi connectivity index (χ2n) is 8.32. The molecule has 1 fully saturated rings. The monoisotopic (exact) mass is 480 g/mol. The number of carbonyl (C=O) groups is 4. The van der Waals surface area contributed by atoms with Crippen molar-refractivity contribution < 1.29 is 31.2 Å². The summed E-state index contributed by atoms with van der Waals surface area (Å²) in [4.78, 5) is 52.1. The van der Waals surface area contributed by atoms with Crippen LogP contribution in [0.15, 0.2) is 30.9 Å². The van der Waals surface area contributed by atoms with Gasteiger partial charge in [-0.15, -0.1) is 0 Å². The summed E-state index contributed by atoms with van der Waals surface area (Å²) >= 11 is 0. The van der Waals surface area contributed by atoms with Crippen LogP contribution in [0.4, 0.5) is 9.18 Å². The Morgan fingerprint density at radius 3 is 2.50 bits per heavy atom. The van der Waals surface area contributed by atoms with E-state index >= 15 is 0 Å². The molecule has 9 nitrogen and oxygen atoms in total. The van der Waals surface area contributed by atoms with Crippen molar-refractivity contribution in [3.8, 4) is 0 Å². The van der Waals surface area contributed by atoms with Crippen molar-refractivity contribution in [2.75, 3.05) is 6.54 Å². The molecule has 1 unspecified atom stereocenters. The Labute approximate surface area is 202 Å². The highest BCUT2D eigenvalue weighted by Gasteiger charge is 2.44. The number of rotatable bonds is 6. The van der Waals surface area contributed by atoms with Crippen molar-refractivity contribution in [2.45, 2.75) is 65.4 Å². The van der Waals surface area contributed by atoms with E-state index in [2.05, 4.69) is 11.9 Å². The fourth-order valence-corrected chi connectivity index (χ4v) is 4.03. The number of carbonyl (C=O) groups excluding carboxylic acids is 4. The molecule has 0 aromatic heterocycles. The molecule has 0 aliphatic carbocycles. The molecule has 3 rings (SSSR count). The van der Waals surface area contributed by atoms with Crippen molar-refractivity contribution >= 4 is 23.8 Å². The minimum Gasteiger partial charge on any atom is -0.444 e. The van der Waals surface area contributed by atoms with Crippen molar-refractivity contribution in [3.63, 3.8) is 0 Å². The molecule has 4 amide bonds. The van der Waals surface area contributed by atoms with Gasteiger partial charge in [-0.05, 0) is 23.6 Å². The van der Waals surface area contributed by atoms with E-state index in [4.69, 9.17) is 10.5 Å². The van der Waals surface area contributed by atoms with Crippen LogP contribution in [0.2, 0.25) is 0 Å². The summed E-state index contributed by atoms with van der Waals surface area (Å²) in [6, 6.07) is 2.79. The summed E-state index contributed by atoms with van der Waals surface area (Å²) in [7, 11) is 0. The number of nitrogens with one attached hydrogen (secondary N) is 1. The van der Waals surface area contributed by atoms with E-state index in [9.17, 15) is 23.6 Å². The van der Waals surface area contributed by atoms with Gasteiger partial charge in [-0.2, -0.15) is 0 Å². The lowest BCUT2D eigenvalue weighted by Gasteiger charge is -2.29. The topological polar surface area (TPSA) is 122 Å². The van der Waals surface area contributed by atoms with E-state index in [0.717, 1.165) is 6.08 Å². The molecule has 2 aliphatic heterocycles. The smallest absolute Gasteiger partial charge is 0.410 e. The lowest BCUT2D eigenvalue weighted by atomic mass is 10.0. The predicted octanol–water partition coefficient (Wildman–Crippen LogP) is 2.58. The Kier molecular flexibility index (Phi) is 9.17. The van der Waals surface area contributed by atoms with Gasteiger partial charge in [-0.3, -0.25) is 19.3 Å². The van der Waals surface area contributed by atoms with Gasteiger partial charge in [-0.1, -0.05) is 46.4 Å². The normalized spacial score (nSPS) is 19.6. The molecule has 2 heterocycles. The van der Waals surface area contributed by atoms with Crippen molar-refractivity contribution in [2.24, 2.45) is 11.7 Å². The Hall–Kier alpha value is -3.43. The SMILES string of the molecule is C=CC(=O)N[C@@H](C(=O)N1C[C@H](OC(=O)N2Cc3cccc(F)c3C2)CC1C(N)=O)C(C)C.CC.[HH].[HH]. The summed E-state index contributed by atoms with van der Waals surface area (Å²) in [5, 5.41) is 2.57. The van der Waals surface area contributed by atoms with Crippen molar-refractivity contribution in [3.05, 3.63) is 47.8 Å². The first-order chi connectivity index (χ1) is 16.1. The standard InChI is InChI=1S/C22H27FN4O5.C2H6.2H2/c1-4-18(28)25-19(12(2)3)21(30)27-10-14(8-17(27)20(24)29)32-22(31)26-9-13-6-5-7-16(23)15(13)11-26;1-2;;/h4-7,12,14,17,19H,1,8-11H2,2-3H3,(H2,24,29)(H,25,28);1-2H3;2*1H/t14-,17?,19-;;;/m1.../s1. The maximum absolute atomic E-state index is 14.0. The number of halogens is 1. The summed E-state index contributed by atoms with van der Waals surface area (Å²) in [6.07, 6.45) is -0.328. The molecular weight excluding hydrogens is 443 g/mol. The van der Waals surface area contributed by atoms with Gasteiger partial charge in [0.05, 0.1) is 13.1 Å². The van der Waals surface area contributed by atoms with Crippen LogP contribution < -0.4 is 11.1 Å². The van der Waals surface area contributed by atoms with Gasteiger partial charge in [0, 0.05) is 21.4 Å². The molecule has 190 valence electrons. The molecule has 1 aromatic carbocycles. The highest BCUT2D eigenvalue weighted by Crippen LogP contribution is 2.28. The van der Waals surface area contributed by atoms with Crippen molar-refractivity contribution in [1.29, 1.82) is 0 Å². The molecule has 3 N–H and O–H groups in total. The number of nitrogens with zero attached hydrogens (tertiary/aromatic N) is 2. The average molecular weight is 481 g/mol. The van der Waals surface area contributed by atoms with Crippen LogP contribution in [0.1, 0.15) is 48.1 Å². The van der Waals surface area contributed by atoms with E-state index in [-0.39, 0.29) is 40.6 Å². The maximum atomic E-state index is 14.0. The second kappa shape index (κ2) is 11.6. The highest BCUT2D eigenvalue weighted by molar-refractivity contribution is 5.95. The molecule has 0 radical (unpaired) electrons. The number of fused-ring (bicyclic) bond motifs is 1. The molecule has 0 spiro atoms. The van der Waals surface area contributed by atoms with Crippen LogP contribution in [-0.4, -0.2) is 58.3 Å². The fourth-order valence-electron chi connectivity index (χ4n) is 4.03. The summed E-state index contributed by atoms with van der Waals surface area (Å²) in [5.74, 6) is -2.39. The predicted molar refractivity (Wildman–Crippen MR) is 128 cm³/mol. The first-order valence-electron chi connectivity index (χ1n) is 11.4. The summed E-state index contributed by atoms with van der Waals surface area (Å²) < 4.78 is 19.5. The van der Waals surface area contributed by atoms with Crippen molar-refractivity contribution in [1.82, 2.24) is 15.1 Å². The zero-order valence-electron chi connectivity index (χ0n) is 20.0. The molecule has 0 saturated carbocycles. The number of ether oxygens (including phenoxy) is 1. The highest BCUT2D eigenvalue weighted by atomic mass is 19.1. The Balaban J connectivity index is 0.00000299. The van der Waals surface area contributed by atoms with Gasteiger partial charge in [0.2, 0.25) is 17.7 Å². The van der Waals surface area contributed by atoms with Crippen LogP contribution in [-0.2, 0) is 32.2 Å². The molecule has 3 atom stereocenters. The third-order valence-electron chi connectivity index (χ3n) is 5.74. The Morgan fingerprint density at radius 2 is 1.94 bits per heavy atom. The van der Waals surface area contributed by atoms with Gasteiger partial charge in [0.15, 0.2) is 0 Å². The largest absolute Gasteiger partial charge is 0.444 e. The van der Waals surface area contributed by atoms with E-state index in [0.29, 0.717) is 11.1 Å². The average Bonchev–Trinajstić information content (AvgIpc) is 3.43. The van der Waals surface area contributed by atoms with Crippen LogP contribution in [0.3, 0.4) is 0 Å². The quantitative estimate of drug-likeness (QED) is 0.606. The Morgan fingerprint density at radius 1 is 1.26 bits per heavy atom. The van der Waals surface area contributed by atoms with E-state index in [1.807, 2.05) is 13.8 Å². The lowest BCUT2D eigenvalue weighted by molar-refractivity contribution is -0.141. The minimum atomic E-state index is -0.976. The van der Waals surface area contributed by atoms with Gasteiger partial charge in [0.25, 0.3) is 0 Å². The first kappa shape index (κ1) is 26.8. The number of amides is 4. The lowest BCUT2D eigenvalue weighted by Crippen LogP contribution is -2.54. The van der Waals surface area contributed by atoms with Crippen LogP contribution in [0.5, 0.6) is 0 Å². The third-order valence-corrected chi connectivity index (χ3v) is 5.74. The van der Waals surface area contributed by atoms with Crippen LogP contribution >= 0.6 is 0 Å². The molecular formula is C24H37FN4O5. The van der Waals surface area contributed by atoms with Gasteiger partial charge >= 0.3 is 6.09 Å².